The molecule has 0 N–H and O–H groups in total. The van der Waals surface area contributed by atoms with Crippen LogP contribution in [0, 0.1) is 0 Å². The topological polar surface area (TPSA) is 26.3 Å². The molecule has 2 nitrogen and oxygen atoms in total. The molecule has 3 aliphatic carbocycles. The number of carbonyl (C=O) groups excluding carboxylic acids is 1. The third kappa shape index (κ3) is 2.25. The van der Waals surface area contributed by atoms with Gasteiger partial charge in [-0.3, -0.25) is 0 Å². The van der Waals surface area contributed by atoms with Crippen molar-refractivity contribution in [1.29, 1.82) is 0 Å². The molecule has 0 saturated carbocycles. The first-order valence-corrected chi connectivity index (χ1v) is 13.2. The summed E-state index contributed by atoms with van der Waals surface area (Å²) >= 11 is 0. The van der Waals surface area contributed by atoms with Crippen molar-refractivity contribution >= 4 is 14.0 Å². The van der Waals surface area contributed by atoms with Crippen LogP contribution in [0.2, 0.25) is 13.1 Å². The van der Waals surface area contributed by atoms with E-state index in [1.807, 2.05) is 0 Å². The molecule has 144 valence electrons. The smallest absolute Gasteiger partial charge is 0.329 e. The number of benzene rings is 3. The van der Waals surface area contributed by atoms with Crippen LogP contribution in [-0.4, -0.2) is 21.2 Å². The molecule has 0 unspecified atom stereocenters. The fourth-order valence-electron chi connectivity index (χ4n) is 5.72. The molecule has 0 amide bonds. The monoisotopic (exact) mass is 396 g/mol. The van der Waals surface area contributed by atoms with Crippen LogP contribution in [0.1, 0.15) is 39.3 Å². The molecule has 3 aromatic rings. The molecule has 2 bridgehead atoms. The van der Waals surface area contributed by atoms with Crippen molar-refractivity contribution in [2.24, 2.45) is 0 Å². The van der Waals surface area contributed by atoms with Crippen molar-refractivity contribution in [3.05, 3.63) is 118 Å². The molecule has 0 heterocycles. The Morgan fingerprint density at radius 1 is 0.828 bits per heavy atom. The van der Waals surface area contributed by atoms with Crippen LogP contribution in [0.5, 0.6) is 0 Å². The maximum absolute atomic E-state index is 12.0. The minimum Gasteiger partial charge on any atom is -0.466 e. The summed E-state index contributed by atoms with van der Waals surface area (Å²) in [4.78, 5) is 12.0. The fraction of sp³-hybridized carbons (Fsp3) is 0.192. The van der Waals surface area contributed by atoms with E-state index in [4.69, 9.17) is 4.74 Å². The van der Waals surface area contributed by atoms with E-state index in [0.29, 0.717) is 0 Å². The van der Waals surface area contributed by atoms with Crippen molar-refractivity contribution in [3.8, 4) is 0 Å². The van der Waals surface area contributed by atoms with Gasteiger partial charge < -0.3 is 4.74 Å². The van der Waals surface area contributed by atoms with Crippen LogP contribution in [0.15, 0.2) is 84.6 Å². The SMILES string of the molecule is COC(=O)/C=C/[Si](C)(C)C12c3ccccc3C(c3ccccc31)c1ccccc12. The van der Waals surface area contributed by atoms with Gasteiger partial charge >= 0.3 is 5.97 Å². The molecule has 3 aliphatic rings. The van der Waals surface area contributed by atoms with Crippen molar-refractivity contribution < 1.29 is 9.53 Å². The third-order valence-electron chi connectivity index (χ3n) is 6.83. The number of ether oxygens (including phenoxy) is 1. The number of methoxy groups -OCH3 is 1. The van der Waals surface area contributed by atoms with Crippen molar-refractivity contribution in [1.82, 2.24) is 0 Å². The molecule has 0 atom stereocenters. The second-order valence-electron chi connectivity index (χ2n) is 8.52. The maximum atomic E-state index is 12.0. The van der Waals surface area contributed by atoms with Crippen molar-refractivity contribution in [3.63, 3.8) is 0 Å². The van der Waals surface area contributed by atoms with Crippen LogP contribution in [0.4, 0.5) is 0 Å². The highest BCUT2D eigenvalue weighted by molar-refractivity contribution is 6.86. The second kappa shape index (κ2) is 6.29. The van der Waals surface area contributed by atoms with E-state index < -0.39 is 8.07 Å². The highest BCUT2D eigenvalue weighted by Gasteiger charge is 2.58. The van der Waals surface area contributed by atoms with Gasteiger partial charge in [0.1, 0.15) is 0 Å². The maximum Gasteiger partial charge on any atom is 0.329 e. The van der Waals surface area contributed by atoms with Crippen LogP contribution in [-0.2, 0) is 14.6 Å². The molecular weight excluding hydrogens is 372 g/mol. The Morgan fingerprint density at radius 2 is 1.24 bits per heavy atom. The van der Waals surface area contributed by atoms with Gasteiger partial charge in [0.15, 0.2) is 0 Å². The van der Waals surface area contributed by atoms with E-state index in [0.717, 1.165) is 0 Å². The van der Waals surface area contributed by atoms with Gasteiger partial charge in [-0.2, -0.15) is 0 Å². The Balaban J connectivity index is 1.92. The lowest BCUT2D eigenvalue weighted by Gasteiger charge is -2.56. The molecule has 0 aliphatic heterocycles. The highest BCUT2D eigenvalue weighted by atomic mass is 28.3. The summed E-state index contributed by atoms with van der Waals surface area (Å²) in [5.74, 6) is -0.0174. The molecule has 6 rings (SSSR count). The summed E-state index contributed by atoms with van der Waals surface area (Å²) < 4.78 is 4.91. The normalized spacial score (nSPS) is 21.4. The number of hydrogen-bond donors (Lipinski definition) is 0. The molecule has 3 heteroatoms. The van der Waals surface area contributed by atoms with E-state index >= 15 is 0 Å². The fourth-order valence-corrected chi connectivity index (χ4v) is 9.29. The lowest BCUT2D eigenvalue weighted by molar-refractivity contribution is -0.134. The van der Waals surface area contributed by atoms with Crippen molar-refractivity contribution in [2.45, 2.75) is 24.1 Å². The Morgan fingerprint density at radius 3 is 1.66 bits per heavy atom. The van der Waals surface area contributed by atoms with Crippen LogP contribution < -0.4 is 0 Å². The van der Waals surface area contributed by atoms with Crippen molar-refractivity contribution in [2.75, 3.05) is 7.11 Å². The molecule has 0 aromatic heterocycles. The molecule has 0 fully saturated rings. The Labute approximate surface area is 172 Å². The van der Waals surface area contributed by atoms with E-state index in [1.165, 1.54) is 40.5 Å². The molecule has 0 spiro atoms. The Kier molecular flexibility index (Phi) is 3.94. The van der Waals surface area contributed by atoms with Gasteiger partial charge in [-0.25, -0.2) is 4.79 Å². The standard InChI is InChI=1S/C26H24O2Si/c1-28-24(27)16-17-29(2,3)26-21-13-7-4-10-18(21)25(19-11-5-8-14-22(19)26)20-12-6-9-15-23(20)26/h4-17,25H,1-3H3/b17-16+. The number of rotatable bonds is 3. The molecule has 3 aromatic carbocycles. The number of hydrogen-bond acceptors (Lipinski definition) is 2. The molecule has 0 radical (unpaired) electrons. The minimum atomic E-state index is -2.23. The lowest BCUT2D eigenvalue weighted by atomic mass is 9.60. The molecule has 29 heavy (non-hydrogen) atoms. The summed E-state index contributed by atoms with van der Waals surface area (Å²) in [6, 6.07) is 26.7. The number of carbonyl (C=O) groups is 1. The molecular formula is C26H24O2Si. The lowest BCUT2D eigenvalue weighted by Crippen LogP contribution is -2.58. The van der Waals surface area contributed by atoms with E-state index in [-0.39, 0.29) is 16.9 Å². The summed E-state index contributed by atoms with van der Waals surface area (Å²) in [6.07, 6.45) is 1.63. The first kappa shape index (κ1) is 18.1. The quantitative estimate of drug-likeness (QED) is 0.339. The third-order valence-corrected chi connectivity index (χ3v) is 10.6. The van der Waals surface area contributed by atoms with Crippen LogP contribution in [0.3, 0.4) is 0 Å². The van der Waals surface area contributed by atoms with E-state index in [1.54, 1.807) is 6.08 Å². The van der Waals surface area contributed by atoms with Gasteiger partial charge in [0.05, 0.1) is 15.2 Å². The van der Waals surface area contributed by atoms with Gasteiger partial charge in [0.2, 0.25) is 0 Å². The van der Waals surface area contributed by atoms with Gasteiger partial charge in [-0.05, 0) is 33.4 Å². The van der Waals surface area contributed by atoms with Gasteiger partial charge in [0, 0.05) is 17.0 Å². The summed E-state index contributed by atoms with van der Waals surface area (Å²) in [6.45, 7) is 4.73. The first-order chi connectivity index (χ1) is 14.0. The highest BCUT2D eigenvalue weighted by Crippen LogP contribution is 2.62. The average molecular weight is 397 g/mol. The van der Waals surface area contributed by atoms with Crippen LogP contribution >= 0.6 is 0 Å². The van der Waals surface area contributed by atoms with E-state index in [2.05, 4.69) is 91.6 Å². The summed E-state index contributed by atoms with van der Waals surface area (Å²) in [5.41, 5.74) is 10.6. The zero-order chi connectivity index (χ0) is 20.2. The Bertz CT molecular complexity index is 1040. The predicted octanol–water partition coefficient (Wildman–Crippen LogP) is 5.34. The van der Waals surface area contributed by atoms with Crippen LogP contribution in [0.25, 0.3) is 0 Å². The van der Waals surface area contributed by atoms with Gasteiger partial charge in [-0.15, -0.1) is 0 Å². The summed E-state index contributed by atoms with van der Waals surface area (Å²) in [7, 11) is -0.793. The first-order valence-electron chi connectivity index (χ1n) is 10.1. The Hall–Kier alpha value is -2.91. The zero-order valence-electron chi connectivity index (χ0n) is 17.0. The largest absolute Gasteiger partial charge is 0.466 e. The predicted molar refractivity (Wildman–Crippen MR) is 119 cm³/mol. The second-order valence-corrected chi connectivity index (χ2v) is 13.0. The van der Waals surface area contributed by atoms with E-state index in [9.17, 15) is 4.79 Å². The van der Waals surface area contributed by atoms with Gasteiger partial charge in [-0.1, -0.05) is 91.6 Å². The van der Waals surface area contributed by atoms with Gasteiger partial charge in [0.25, 0.3) is 0 Å². The molecule has 0 saturated heterocycles. The minimum absolute atomic E-state index is 0.240. The summed E-state index contributed by atoms with van der Waals surface area (Å²) in [5, 5.41) is -0.240. The average Bonchev–Trinajstić information content (AvgIpc) is 2.77. The zero-order valence-corrected chi connectivity index (χ0v) is 18.0. The number of esters is 1.